The van der Waals surface area contributed by atoms with Gasteiger partial charge >= 0.3 is 0 Å². The van der Waals surface area contributed by atoms with Gasteiger partial charge in [-0.05, 0) is 24.2 Å². The van der Waals surface area contributed by atoms with Gasteiger partial charge in [-0.2, -0.15) is 16.1 Å². The van der Waals surface area contributed by atoms with Crippen molar-refractivity contribution in [2.45, 2.75) is 30.5 Å². The zero-order valence-electron chi connectivity index (χ0n) is 12.3. The third-order valence-electron chi connectivity index (χ3n) is 3.40. The molecule has 0 bridgehead atoms. The molecule has 0 aromatic heterocycles. The van der Waals surface area contributed by atoms with E-state index in [-0.39, 0.29) is 10.1 Å². The number of sulfonamides is 1. The maximum atomic E-state index is 14.0. The Morgan fingerprint density at radius 2 is 2.24 bits per heavy atom. The molecule has 0 spiro atoms. The summed E-state index contributed by atoms with van der Waals surface area (Å²) in [5.74, 6) is 0.0696. The van der Waals surface area contributed by atoms with Crippen molar-refractivity contribution < 1.29 is 12.8 Å². The second-order valence-corrected chi connectivity index (χ2v) is 8.54. The monoisotopic (exact) mass is 332 g/mol. The van der Waals surface area contributed by atoms with Gasteiger partial charge in [-0.25, -0.2) is 12.8 Å². The molecule has 2 rings (SSSR count). The predicted molar refractivity (Wildman–Crippen MR) is 84.5 cm³/mol. The summed E-state index contributed by atoms with van der Waals surface area (Å²) in [7, 11) is -3.76. The van der Waals surface area contributed by atoms with Crippen molar-refractivity contribution >= 4 is 21.8 Å². The molecular formula is C14H21FN2O2S2. The summed E-state index contributed by atoms with van der Waals surface area (Å²) in [6.45, 7) is 6.14. The van der Waals surface area contributed by atoms with E-state index in [0.717, 1.165) is 17.9 Å². The lowest BCUT2D eigenvalue weighted by atomic mass is 10.2. The minimum absolute atomic E-state index is 0.211. The van der Waals surface area contributed by atoms with Crippen LogP contribution in [0.5, 0.6) is 0 Å². The molecule has 1 fully saturated rings. The number of benzene rings is 1. The standard InChI is InChI=1S/C14H21FN2O2S2/c1-3-16-9-12-4-5-13(15)14(8-12)21(18,19)17-6-7-20-11(2)10-17/h4-5,8,11,16H,3,6-7,9-10H2,1-2H3. The van der Waals surface area contributed by atoms with Gasteiger partial charge in [0.1, 0.15) is 10.7 Å². The van der Waals surface area contributed by atoms with Crippen molar-refractivity contribution in [3.05, 3.63) is 29.6 Å². The van der Waals surface area contributed by atoms with Crippen molar-refractivity contribution in [3.63, 3.8) is 0 Å². The van der Waals surface area contributed by atoms with Crippen LogP contribution in [-0.2, 0) is 16.6 Å². The number of rotatable bonds is 5. The Morgan fingerprint density at radius 1 is 1.48 bits per heavy atom. The van der Waals surface area contributed by atoms with Crippen molar-refractivity contribution in [1.82, 2.24) is 9.62 Å². The van der Waals surface area contributed by atoms with E-state index in [9.17, 15) is 12.8 Å². The van der Waals surface area contributed by atoms with Gasteiger partial charge in [-0.3, -0.25) is 0 Å². The van der Waals surface area contributed by atoms with E-state index in [1.54, 1.807) is 17.8 Å². The minimum atomic E-state index is -3.76. The van der Waals surface area contributed by atoms with Gasteiger partial charge in [-0.1, -0.05) is 19.9 Å². The SMILES string of the molecule is CCNCc1ccc(F)c(S(=O)(=O)N2CCSC(C)C2)c1. The number of halogens is 1. The van der Waals surface area contributed by atoms with Crippen molar-refractivity contribution in [3.8, 4) is 0 Å². The van der Waals surface area contributed by atoms with Crippen LogP contribution in [0, 0.1) is 5.82 Å². The molecule has 118 valence electrons. The van der Waals surface area contributed by atoms with Crippen LogP contribution >= 0.6 is 11.8 Å². The fourth-order valence-corrected chi connectivity index (χ4v) is 5.14. The van der Waals surface area contributed by atoms with Crippen molar-refractivity contribution in [2.24, 2.45) is 0 Å². The molecule has 21 heavy (non-hydrogen) atoms. The molecule has 1 aromatic rings. The van der Waals surface area contributed by atoms with Gasteiger partial charge < -0.3 is 5.32 Å². The molecule has 7 heteroatoms. The summed E-state index contributed by atoms with van der Waals surface area (Å²) in [6.07, 6.45) is 0. The maximum Gasteiger partial charge on any atom is 0.246 e. The number of hydrogen-bond donors (Lipinski definition) is 1. The van der Waals surface area contributed by atoms with Gasteiger partial charge in [0.25, 0.3) is 0 Å². The van der Waals surface area contributed by atoms with Crippen LogP contribution in [-0.4, -0.2) is 43.4 Å². The molecule has 0 aliphatic carbocycles. The van der Waals surface area contributed by atoms with E-state index in [1.807, 2.05) is 13.8 Å². The fraction of sp³-hybridized carbons (Fsp3) is 0.571. The van der Waals surface area contributed by atoms with Crippen molar-refractivity contribution in [2.75, 3.05) is 25.4 Å². The summed E-state index contributed by atoms with van der Waals surface area (Å²) < 4.78 is 40.7. The number of hydrogen-bond acceptors (Lipinski definition) is 4. The second-order valence-electron chi connectivity index (χ2n) is 5.09. The first-order valence-corrected chi connectivity index (χ1v) is 9.55. The Labute approximate surface area is 130 Å². The summed E-state index contributed by atoms with van der Waals surface area (Å²) in [5.41, 5.74) is 0.774. The van der Waals surface area contributed by atoms with Gasteiger partial charge in [0.2, 0.25) is 10.0 Å². The topological polar surface area (TPSA) is 49.4 Å². The van der Waals surface area contributed by atoms with E-state index >= 15 is 0 Å². The lowest BCUT2D eigenvalue weighted by Crippen LogP contribution is -2.41. The Balaban J connectivity index is 2.30. The van der Waals surface area contributed by atoms with Gasteiger partial charge in [0.15, 0.2) is 0 Å². The summed E-state index contributed by atoms with van der Waals surface area (Å²) >= 11 is 1.74. The second kappa shape index (κ2) is 7.09. The average molecular weight is 332 g/mol. The average Bonchev–Trinajstić information content (AvgIpc) is 2.46. The lowest BCUT2D eigenvalue weighted by molar-refractivity contribution is 0.420. The highest BCUT2D eigenvalue weighted by atomic mass is 32.2. The molecule has 1 N–H and O–H groups in total. The Bertz CT molecular complexity index is 593. The minimum Gasteiger partial charge on any atom is -0.313 e. The number of thioether (sulfide) groups is 1. The van der Waals surface area contributed by atoms with Crippen LogP contribution in [0.2, 0.25) is 0 Å². The molecule has 1 aliphatic heterocycles. The van der Waals surface area contributed by atoms with Gasteiger partial charge in [0, 0.05) is 30.6 Å². The molecular weight excluding hydrogens is 311 g/mol. The largest absolute Gasteiger partial charge is 0.313 e. The summed E-state index contributed by atoms with van der Waals surface area (Å²) in [5, 5.41) is 3.35. The summed E-state index contributed by atoms with van der Waals surface area (Å²) in [4.78, 5) is -0.211. The van der Waals surface area contributed by atoms with E-state index in [2.05, 4.69) is 5.32 Å². The zero-order valence-corrected chi connectivity index (χ0v) is 13.9. The van der Waals surface area contributed by atoms with Gasteiger partial charge in [0.05, 0.1) is 0 Å². The molecule has 4 nitrogen and oxygen atoms in total. The fourth-order valence-electron chi connectivity index (χ4n) is 2.27. The van der Waals surface area contributed by atoms with Gasteiger partial charge in [-0.15, -0.1) is 0 Å². The molecule has 1 unspecified atom stereocenters. The van der Waals surface area contributed by atoms with Crippen LogP contribution in [0.15, 0.2) is 23.1 Å². The predicted octanol–water partition coefficient (Wildman–Crippen LogP) is 2.06. The molecule has 0 amide bonds. The zero-order chi connectivity index (χ0) is 15.5. The highest BCUT2D eigenvalue weighted by molar-refractivity contribution is 8.00. The smallest absolute Gasteiger partial charge is 0.246 e. The molecule has 0 saturated carbocycles. The van der Waals surface area contributed by atoms with Crippen LogP contribution in [0.25, 0.3) is 0 Å². The lowest BCUT2D eigenvalue weighted by Gasteiger charge is -2.29. The first kappa shape index (κ1) is 16.7. The van der Waals surface area contributed by atoms with Crippen LogP contribution in [0.3, 0.4) is 0 Å². The third kappa shape index (κ3) is 3.97. The molecule has 1 aromatic carbocycles. The molecule has 1 saturated heterocycles. The van der Waals surface area contributed by atoms with Crippen LogP contribution in [0.1, 0.15) is 19.4 Å². The quantitative estimate of drug-likeness (QED) is 0.897. The molecule has 1 heterocycles. The number of nitrogens with one attached hydrogen (secondary N) is 1. The van der Waals surface area contributed by atoms with E-state index in [4.69, 9.17) is 0 Å². The first-order chi connectivity index (χ1) is 9.95. The Hall–Kier alpha value is -0.630. The van der Waals surface area contributed by atoms with E-state index in [1.165, 1.54) is 16.4 Å². The number of nitrogens with zero attached hydrogens (tertiary/aromatic N) is 1. The normalized spacial score (nSPS) is 20.6. The van der Waals surface area contributed by atoms with E-state index in [0.29, 0.717) is 19.6 Å². The Morgan fingerprint density at radius 3 is 2.90 bits per heavy atom. The highest BCUT2D eigenvalue weighted by Crippen LogP contribution is 2.26. The molecule has 1 aliphatic rings. The highest BCUT2D eigenvalue weighted by Gasteiger charge is 2.31. The van der Waals surface area contributed by atoms with E-state index < -0.39 is 15.8 Å². The molecule has 1 atom stereocenters. The van der Waals surface area contributed by atoms with Crippen LogP contribution in [0.4, 0.5) is 4.39 Å². The van der Waals surface area contributed by atoms with Crippen LogP contribution < -0.4 is 5.32 Å². The molecule has 0 radical (unpaired) electrons. The third-order valence-corrected chi connectivity index (χ3v) is 6.41. The van der Waals surface area contributed by atoms with Crippen molar-refractivity contribution in [1.29, 1.82) is 0 Å². The first-order valence-electron chi connectivity index (χ1n) is 7.06. The Kier molecular flexibility index (Phi) is 5.65. The summed E-state index contributed by atoms with van der Waals surface area (Å²) in [6, 6.07) is 4.30. The maximum absolute atomic E-state index is 14.0.